The zero-order valence-electron chi connectivity index (χ0n) is 11.7. The number of rotatable bonds is 4. The average molecular weight is 319 g/mol. The van der Waals surface area contributed by atoms with Gasteiger partial charge in [0.25, 0.3) is 0 Å². The summed E-state index contributed by atoms with van der Waals surface area (Å²) >= 11 is 1.37. The molecule has 7 heteroatoms. The van der Waals surface area contributed by atoms with E-state index in [0.29, 0.717) is 35.6 Å². The molecule has 0 N–H and O–H groups in total. The maximum atomic E-state index is 14.1. The molecule has 1 aliphatic carbocycles. The molecule has 0 bridgehead atoms. The predicted octanol–water partition coefficient (Wildman–Crippen LogP) is 2.83. The van der Waals surface area contributed by atoms with Crippen LogP contribution >= 0.6 is 11.8 Å². The van der Waals surface area contributed by atoms with Crippen molar-refractivity contribution in [1.29, 1.82) is 0 Å². The summed E-state index contributed by atoms with van der Waals surface area (Å²) in [6.07, 6.45) is 2.74. The highest BCUT2D eigenvalue weighted by molar-refractivity contribution is 8.00. The number of benzene rings is 1. The molecule has 22 heavy (non-hydrogen) atoms. The third kappa shape index (κ3) is 2.39. The van der Waals surface area contributed by atoms with Crippen LogP contribution in [0.2, 0.25) is 0 Å². The van der Waals surface area contributed by atoms with Crippen molar-refractivity contribution in [2.24, 2.45) is 0 Å². The van der Waals surface area contributed by atoms with Crippen LogP contribution in [0.4, 0.5) is 4.39 Å². The SMILES string of the molecule is O=C1OCC[C@@H]1Sc1nnc(-c2ccccc2F)n1C1CC1. The van der Waals surface area contributed by atoms with Gasteiger partial charge in [-0.3, -0.25) is 9.36 Å². The van der Waals surface area contributed by atoms with Crippen molar-refractivity contribution in [3.63, 3.8) is 0 Å². The number of hydrogen-bond donors (Lipinski definition) is 0. The second kappa shape index (κ2) is 5.39. The Kier molecular flexibility index (Phi) is 3.37. The second-order valence-corrected chi connectivity index (χ2v) is 6.62. The molecular weight excluding hydrogens is 305 g/mol. The minimum atomic E-state index is -0.311. The van der Waals surface area contributed by atoms with Crippen molar-refractivity contribution in [2.75, 3.05) is 6.61 Å². The summed E-state index contributed by atoms with van der Waals surface area (Å²) in [5.41, 5.74) is 0.447. The summed E-state index contributed by atoms with van der Waals surface area (Å²) in [6, 6.07) is 6.86. The van der Waals surface area contributed by atoms with Crippen LogP contribution in [0, 0.1) is 5.82 Å². The summed E-state index contributed by atoms with van der Waals surface area (Å²) in [7, 11) is 0. The van der Waals surface area contributed by atoms with Crippen LogP contribution in [-0.4, -0.2) is 32.6 Å². The highest BCUT2D eigenvalue weighted by Crippen LogP contribution is 2.42. The number of carbonyl (C=O) groups excluding carboxylic acids is 1. The molecule has 0 radical (unpaired) electrons. The first-order valence-electron chi connectivity index (χ1n) is 7.27. The van der Waals surface area contributed by atoms with Gasteiger partial charge in [-0.1, -0.05) is 23.9 Å². The summed E-state index contributed by atoms with van der Waals surface area (Å²) in [5.74, 6) is 0.0193. The standard InChI is InChI=1S/C15H14FN3O2S/c16-11-4-2-1-3-10(11)13-17-18-15(19(13)9-5-6-9)22-12-7-8-21-14(12)20/h1-4,9,12H,5-8H2/t12-/m0/s1. The number of esters is 1. The highest BCUT2D eigenvalue weighted by Gasteiger charge is 2.34. The molecule has 2 aliphatic rings. The molecule has 114 valence electrons. The van der Waals surface area contributed by atoms with Crippen LogP contribution in [0.15, 0.2) is 29.4 Å². The lowest BCUT2D eigenvalue weighted by atomic mass is 10.2. The van der Waals surface area contributed by atoms with Gasteiger partial charge in [0.15, 0.2) is 11.0 Å². The van der Waals surface area contributed by atoms with E-state index >= 15 is 0 Å². The van der Waals surface area contributed by atoms with E-state index in [1.54, 1.807) is 18.2 Å². The molecule has 0 amide bonds. The van der Waals surface area contributed by atoms with E-state index in [4.69, 9.17) is 4.74 Å². The molecule has 0 spiro atoms. The number of hydrogen-bond acceptors (Lipinski definition) is 5. The number of halogens is 1. The number of ether oxygens (including phenoxy) is 1. The van der Waals surface area contributed by atoms with Gasteiger partial charge in [-0.15, -0.1) is 10.2 Å². The smallest absolute Gasteiger partial charge is 0.319 e. The van der Waals surface area contributed by atoms with Crippen molar-refractivity contribution in [1.82, 2.24) is 14.8 Å². The minimum absolute atomic E-state index is 0.206. The predicted molar refractivity (Wildman–Crippen MR) is 78.9 cm³/mol. The lowest BCUT2D eigenvalue weighted by Crippen LogP contribution is -2.11. The van der Waals surface area contributed by atoms with Gasteiger partial charge in [-0.25, -0.2) is 4.39 Å². The first-order chi connectivity index (χ1) is 10.7. The third-order valence-corrected chi connectivity index (χ3v) is 5.03. The molecule has 1 atom stereocenters. The fourth-order valence-electron chi connectivity index (χ4n) is 2.56. The maximum absolute atomic E-state index is 14.1. The fraction of sp³-hybridized carbons (Fsp3) is 0.400. The third-order valence-electron chi connectivity index (χ3n) is 3.83. The Morgan fingerprint density at radius 3 is 2.73 bits per heavy atom. The van der Waals surface area contributed by atoms with E-state index in [-0.39, 0.29) is 17.0 Å². The number of aromatic nitrogens is 3. The van der Waals surface area contributed by atoms with Crippen molar-refractivity contribution < 1.29 is 13.9 Å². The summed E-state index contributed by atoms with van der Waals surface area (Å²) in [4.78, 5) is 11.6. The monoisotopic (exact) mass is 319 g/mol. The summed E-state index contributed by atoms with van der Waals surface area (Å²) < 4.78 is 21.0. The molecule has 5 nitrogen and oxygen atoms in total. The van der Waals surface area contributed by atoms with Gasteiger partial charge in [0.05, 0.1) is 12.2 Å². The number of cyclic esters (lactones) is 1. The van der Waals surface area contributed by atoms with E-state index in [1.165, 1.54) is 17.8 Å². The van der Waals surface area contributed by atoms with Crippen LogP contribution in [0.1, 0.15) is 25.3 Å². The van der Waals surface area contributed by atoms with Crippen LogP contribution in [0.5, 0.6) is 0 Å². The van der Waals surface area contributed by atoms with Gasteiger partial charge < -0.3 is 4.74 Å². The van der Waals surface area contributed by atoms with Crippen LogP contribution in [0.3, 0.4) is 0 Å². The summed E-state index contributed by atoms with van der Waals surface area (Å²) in [6.45, 7) is 0.453. The van der Waals surface area contributed by atoms with E-state index in [9.17, 15) is 9.18 Å². The Morgan fingerprint density at radius 1 is 1.23 bits per heavy atom. The molecule has 1 aromatic carbocycles. The van der Waals surface area contributed by atoms with Gasteiger partial charge in [-0.05, 0) is 25.0 Å². The maximum Gasteiger partial charge on any atom is 0.319 e. The molecule has 1 aliphatic heterocycles. The Labute approximate surface area is 130 Å². The largest absolute Gasteiger partial charge is 0.465 e. The van der Waals surface area contributed by atoms with Crippen molar-refractivity contribution in [3.8, 4) is 11.4 Å². The molecule has 2 fully saturated rings. The van der Waals surface area contributed by atoms with Gasteiger partial charge in [0.1, 0.15) is 11.1 Å². The van der Waals surface area contributed by atoms with Crippen molar-refractivity contribution in [2.45, 2.75) is 35.7 Å². The van der Waals surface area contributed by atoms with E-state index in [0.717, 1.165) is 12.8 Å². The number of thioether (sulfide) groups is 1. The van der Waals surface area contributed by atoms with Gasteiger partial charge in [-0.2, -0.15) is 0 Å². The van der Waals surface area contributed by atoms with Crippen molar-refractivity contribution in [3.05, 3.63) is 30.1 Å². The molecule has 2 heterocycles. The van der Waals surface area contributed by atoms with Crippen LogP contribution in [-0.2, 0) is 9.53 Å². The number of carbonyl (C=O) groups is 1. The molecule has 1 saturated heterocycles. The first-order valence-corrected chi connectivity index (χ1v) is 8.15. The molecule has 2 aromatic rings. The zero-order valence-corrected chi connectivity index (χ0v) is 12.6. The molecule has 0 unspecified atom stereocenters. The summed E-state index contributed by atoms with van der Waals surface area (Å²) in [5, 5.41) is 8.80. The van der Waals surface area contributed by atoms with Crippen molar-refractivity contribution >= 4 is 17.7 Å². The molecule has 1 saturated carbocycles. The Morgan fingerprint density at radius 2 is 2.05 bits per heavy atom. The molecule has 4 rings (SSSR count). The quantitative estimate of drug-likeness (QED) is 0.811. The lowest BCUT2D eigenvalue weighted by Gasteiger charge is -2.10. The molecular formula is C15H14FN3O2S. The second-order valence-electron chi connectivity index (χ2n) is 5.45. The van der Waals surface area contributed by atoms with Gasteiger partial charge in [0.2, 0.25) is 0 Å². The van der Waals surface area contributed by atoms with Crippen LogP contribution in [0.25, 0.3) is 11.4 Å². The number of nitrogens with zero attached hydrogens (tertiary/aromatic N) is 3. The lowest BCUT2D eigenvalue weighted by molar-refractivity contribution is -0.137. The Hall–Kier alpha value is -1.89. The highest BCUT2D eigenvalue weighted by atomic mass is 32.2. The molecule has 1 aromatic heterocycles. The van der Waals surface area contributed by atoms with E-state index in [2.05, 4.69) is 10.2 Å². The zero-order chi connectivity index (χ0) is 15.1. The Bertz CT molecular complexity index is 729. The Balaban J connectivity index is 1.72. The van der Waals surface area contributed by atoms with Crippen LogP contribution < -0.4 is 0 Å². The minimum Gasteiger partial charge on any atom is -0.465 e. The normalized spacial score (nSPS) is 21.1. The van der Waals surface area contributed by atoms with Gasteiger partial charge in [0, 0.05) is 12.5 Å². The van der Waals surface area contributed by atoms with E-state index in [1.807, 2.05) is 4.57 Å². The van der Waals surface area contributed by atoms with Gasteiger partial charge >= 0.3 is 5.97 Å². The first kappa shape index (κ1) is 13.8. The average Bonchev–Trinajstić information content (AvgIpc) is 3.15. The van der Waals surface area contributed by atoms with E-state index < -0.39 is 0 Å². The topological polar surface area (TPSA) is 57.0 Å². The fourth-order valence-corrected chi connectivity index (χ4v) is 3.63.